The van der Waals surface area contributed by atoms with Gasteiger partial charge in [-0.15, -0.1) is 23.1 Å². The third kappa shape index (κ3) is 5.26. The maximum Gasteiger partial charge on any atom is 0.416 e. The lowest BCUT2D eigenvalue weighted by Gasteiger charge is -2.31. The third-order valence-electron chi connectivity index (χ3n) is 5.13. The zero-order valence-electron chi connectivity index (χ0n) is 17.0. The van der Waals surface area contributed by atoms with Crippen molar-refractivity contribution in [3.8, 4) is 0 Å². The number of anilines is 2. The summed E-state index contributed by atoms with van der Waals surface area (Å²) in [7, 11) is 0. The van der Waals surface area contributed by atoms with Crippen molar-refractivity contribution in [2.24, 2.45) is 0 Å². The SMILES string of the molecule is O=C(CSCc1cc(=O)n2ccsc2n1)Nc1cc(C(F)(F)F)ccc1N1CCCCC1. The van der Waals surface area contributed by atoms with E-state index in [9.17, 15) is 22.8 Å². The fourth-order valence-corrected chi connectivity index (χ4v) is 5.07. The van der Waals surface area contributed by atoms with Crippen LogP contribution in [0.15, 0.2) is 40.6 Å². The van der Waals surface area contributed by atoms with E-state index >= 15 is 0 Å². The summed E-state index contributed by atoms with van der Waals surface area (Å²) in [5.74, 6) is -0.0266. The van der Waals surface area contributed by atoms with E-state index in [1.54, 1.807) is 11.6 Å². The molecular weight excluding hydrogens is 461 g/mol. The molecule has 0 spiro atoms. The Hall–Kier alpha value is -2.53. The highest BCUT2D eigenvalue weighted by Crippen LogP contribution is 2.36. The Bertz CT molecular complexity index is 1170. The number of carbonyl (C=O) groups is 1. The zero-order valence-corrected chi connectivity index (χ0v) is 18.7. The first-order chi connectivity index (χ1) is 15.3. The molecule has 6 nitrogen and oxygen atoms in total. The van der Waals surface area contributed by atoms with Crippen molar-refractivity contribution in [1.29, 1.82) is 0 Å². The predicted octanol–water partition coefficient (Wildman–Crippen LogP) is 4.64. The first-order valence-electron chi connectivity index (χ1n) is 10.1. The number of piperidine rings is 1. The summed E-state index contributed by atoms with van der Waals surface area (Å²) in [4.78, 5) is 31.5. The van der Waals surface area contributed by atoms with Gasteiger partial charge in [0.1, 0.15) is 0 Å². The number of nitrogens with zero attached hydrogens (tertiary/aromatic N) is 3. The standard InChI is InChI=1S/C21H21F3N4O2S2/c22-21(23,24)14-4-5-17(27-6-2-1-3-7-27)16(10-14)26-18(29)13-31-12-15-11-19(30)28-8-9-32-20(28)25-15/h4-5,8-11H,1-3,6-7,12-13H2,(H,26,29). The maximum atomic E-state index is 13.2. The number of thioether (sulfide) groups is 1. The van der Waals surface area contributed by atoms with E-state index in [1.807, 2.05) is 4.90 Å². The van der Waals surface area contributed by atoms with E-state index in [-0.39, 0.29) is 17.0 Å². The number of rotatable bonds is 6. The molecule has 1 saturated heterocycles. The van der Waals surface area contributed by atoms with Gasteiger partial charge in [0, 0.05) is 36.5 Å². The minimum absolute atomic E-state index is 0.0289. The summed E-state index contributed by atoms with van der Waals surface area (Å²) in [6.45, 7) is 1.49. The van der Waals surface area contributed by atoms with Gasteiger partial charge >= 0.3 is 6.18 Å². The smallest absolute Gasteiger partial charge is 0.370 e. The molecule has 0 atom stereocenters. The molecule has 4 rings (SSSR count). The third-order valence-corrected chi connectivity index (χ3v) is 6.86. The number of aromatic nitrogens is 2. The molecule has 3 heterocycles. The van der Waals surface area contributed by atoms with Gasteiger partial charge in [-0.05, 0) is 37.5 Å². The lowest BCUT2D eigenvalue weighted by atomic mass is 10.1. The molecule has 0 bridgehead atoms. The molecule has 0 aliphatic carbocycles. The van der Waals surface area contributed by atoms with Gasteiger partial charge in [-0.25, -0.2) is 4.98 Å². The Labute approximate surface area is 190 Å². The monoisotopic (exact) mass is 482 g/mol. The van der Waals surface area contributed by atoms with Crippen LogP contribution in [0.25, 0.3) is 4.96 Å². The lowest BCUT2D eigenvalue weighted by molar-refractivity contribution is -0.137. The molecule has 3 aromatic rings. The quantitative estimate of drug-likeness (QED) is 0.555. The molecule has 170 valence electrons. The van der Waals surface area contributed by atoms with Gasteiger partial charge in [0.25, 0.3) is 5.56 Å². The summed E-state index contributed by atoms with van der Waals surface area (Å²) >= 11 is 2.59. The van der Waals surface area contributed by atoms with Gasteiger partial charge in [0.05, 0.1) is 28.4 Å². The molecule has 1 fully saturated rings. The lowest BCUT2D eigenvalue weighted by Crippen LogP contribution is -2.30. The number of benzene rings is 1. The number of thiazole rings is 1. The van der Waals surface area contributed by atoms with E-state index in [1.165, 1.54) is 39.6 Å². The van der Waals surface area contributed by atoms with Crippen molar-refractivity contribution in [3.63, 3.8) is 0 Å². The van der Waals surface area contributed by atoms with Crippen molar-refractivity contribution < 1.29 is 18.0 Å². The van der Waals surface area contributed by atoms with Gasteiger partial charge in [-0.3, -0.25) is 14.0 Å². The van der Waals surface area contributed by atoms with Crippen LogP contribution in [-0.2, 0) is 16.7 Å². The van der Waals surface area contributed by atoms with Gasteiger partial charge in [0.2, 0.25) is 5.91 Å². The van der Waals surface area contributed by atoms with Crippen LogP contribution in [-0.4, -0.2) is 34.1 Å². The highest BCUT2D eigenvalue weighted by atomic mass is 32.2. The molecule has 11 heteroatoms. The Kier molecular flexibility index (Phi) is 6.75. The number of carbonyl (C=O) groups excluding carboxylic acids is 1. The second kappa shape index (κ2) is 9.53. The number of nitrogens with one attached hydrogen (secondary N) is 1. The Morgan fingerprint density at radius 1 is 1.19 bits per heavy atom. The van der Waals surface area contributed by atoms with Crippen LogP contribution in [0, 0.1) is 0 Å². The van der Waals surface area contributed by atoms with Crippen LogP contribution >= 0.6 is 23.1 Å². The zero-order chi connectivity index (χ0) is 22.7. The molecule has 0 radical (unpaired) electrons. The van der Waals surface area contributed by atoms with Crippen LogP contribution < -0.4 is 15.8 Å². The molecule has 2 aromatic heterocycles. The van der Waals surface area contributed by atoms with Crippen molar-refractivity contribution in [1.82, 2.24) is 9.38 Å². The molecule has 1 N–H and O–H groups in total. The van der Waals surface area contributed by atoms with E-state index in [4.69, 9.17) is 0 Å². The fraction of sp³-hybridized carbons (Fsp3) is 0.381. The number of fused-ring (bicyclic) bond motifs is 1. The van der Waals surface area contributed by atoms with Crippen molar-refractivity contribution >= 4 is 45.3 Å². The number of amides is 1. The number of alkyl halides is 3. The Morgan fingerprint density at radius 3 is 2.72 bits per heavy atom. The van der Waals surface area contributed by atoms with Crippen molar-refractivity contribution in [2.75, 3.05) is 29.1 Å². The van der Waals surface area contributed by atoms with Gasteiger partial charge in [0.15, 0.2) is 4.96 Å². The number of hydrogen-bond donors (Lipinski definition) is 1. The minimum Gasteiger partial charge on any atom is -0.370 e. The first-order valence-corrected chi connectivity index (χ1v) is 12.1. The van der Waals surface area contributed by atoms with Crippen LogP contribution in [0.3, 0.4) is 0 Å². The predicted molar refractivity (Wildman–Crippen MR) is 122 cm³/mol. The molecule has 0 unspecified atom stereocenters. The summed E-state index contributed by atoms with van der Waals surface area (Å²) in [6.07, 6.45) is 0.172. The Morgan fingerprint density at radius 2 is 1.97 bits per heavy atom. The van der Waals surface area contributed by atoms with E-state index in [2.05, 4.69) is 10.3 Å². The molecular formula is C21H21F3N4O2S2. The molecule has 0 saturated carbocycles. The normalized spacial score (nSPS) is 14.7. The van der Waals surface area contributed by atoms with Crippen LogP contribution in [0.1, 0.15) is 30.5 Å². The maximum absolute atomic E-state index is 13.2. The average Bonchev–Trinajstić information content (AvgIpc) is 3.23. The van der Waals surface area contributed by atoms with E-state index in [0.717, 1.165) is 44.5 Å². The molecule has 32 heavy (non-hydrogen) atoms. The summed E-state index contributed by atoms with van der Waals surface area (Å²) in [5.41, 5.74) is 0.350. The highest BCUT2D eigenvalue weighted by molar-refractivity contribution is 7.99. The van der Waals surface area contributed by atoms with Gasteiger partial charge in [-0.2, -0.15) is 13.2 Å². The summed E-state index contributed by atoms with van der Waals surface area (Å²) in [6, 6.07) is 4.91. The topological polar surface area (TPSA) is 66.7 Å². The second-order valence-corrected chi connectivity index (χ2v) is 9.32. The van der Waals surface area contributed by atoms with Crippen LogP contribution in [0.2, 0.25) is 0 Å². The van der Waals surface area contributed by atoms with E-state index < -0.39 is 17.6 Å². The van der Waals surface area contributed by atoms with Gasteiger partial charge in [-0.1, -0.05) is 0 Å². The molecule has 1 amide bonds. The number of hydrogen-bond acceptors (Lipinski definition) is 6. The largest absolute Gasteiger partial charge is 0.416 e. The van der Waals surface area contributed by atoms with E-state index in [0.29, 0.717) is 22.1 Å². The van der Waals surface area contributed by atoms with Crippen molar-refractivity contribution in [2.45, 2.75) is 31.2 Å². The molecule has 1 aromatic carbocycles. The first kappa shape index (κ1) is 22.7. The van der Waals surface area contributed by atoms with Crippen molar-refractivity contribution in [3.05, 3.63) is 57.5 Å². The van der Waals surface area contributed by atoms with Gasteiger partial charge < -0.3 is 10.2 Å². The molecule has 1 aliphatic heterocycles. The summed E-state index contributed by atoms with van der Waals surface area (Å²) in [5, 5.41) is 4.42. The minimum atomic E-state index is -4.49. The average molecular weight is 483 g/mol. The fourth-order valence-electron chi connectivity index (χ4n) is 3.62. The highest BCUT2D eigenvalue weighted by Gasteiger charge is 2.31. The number of halogens is 3. The molecule has 1 aliphatic rings. The Balaban J connectivity index is 1.44. The summed E-state index contributed by atoms with van der Waals surface area (Å²) < 4.78 is 41.1. The second-order valence-electron chi connectivity index (χ2n) is 7.46. The van der Waals surface area contributed by atoms with Crippen LogP contribution in [0.4, 0.5) is 24.5 Å². The van der Waals surface area contributed by atoms with Crippen LogP contribution in [0.5, 0.6) is 0 Å².